The number of nitrogens with one attached hydrogen (secondary N) is 1. The highest BCUT2D eigenvalue weighted by Crippen LogP contribution is 2.40. The third-order valence-corrected chi connectivity index (χ3v) is 7.55. The Morgan fingerprint density at radius 2 is 1.96 bits per heavy atom. The van der Waals surface area contributed by atoms with Crippen LogP contribution in [0.3, 0.4) is 0 Å². The first-order valence-corrected chi connectivity index (χ1v) is 11.2. The van der Waals surface area contributed by atoms with Crippen LogP contribution in [0.2, 0.25) is 0 Å². The van der Waals surface area contributed by atoms with Gasteiger partial charge in [-0.1, -0.05) is 36.8 Å². The summed E-state index contributed by atoms with van der Waals surface area (Å²) < 4.78 is 0. The third kappa shape index (κ3) is 3.60. The summed E-state index contributed by atoms with van der Waals surface area (Å²) in [5.74, 6) is 1.43. The Labute approximate surface area is 168 Å². The number of hydrogen-bond acceptors (Lipinski definition) is 4. The monoisotopic (exact) mass is 383 g/mol. The molecule has 5 rings (SSSR count). The van der Waals surface area contributed by atoms with E-state index in [1.165, 1.54) is 31.2 Å². The van der Waals surface area contributed by atoms with Crippen molar-refractivity contribution in [2.24, 2.45) is 11.8 Å². The van der Waals surface area contributed by atoms with Crippen LogP contribution in [-0.4, -0.2) is 71.2 Å². The minimum atomic E-state index is -0.370. The lowest BCUT2D eigenvalue weighted by Gasteiger charge is -2.55. The maximum atomic E-state index is 13.0. The number of fused-ring (bicyclic) bond motifs is 4. The Balaban J connectivity index is 1.27. The molecule has 0 saturated carbocycles. The predicted octanol–water partition coefficient (Wildman–Crippen LogP) is 1.65. The summed E-state index contributed by atoms with van der Waals surface area (Å²) >= 11 is 0. The molecule has 2 bridgehead atoms. The number of likely N-dealkylation sites (tertiary alicyclic amines) is 1. The quantitative estimate of drug-likeness (QED) is 0.834. The zero-order valence-corrected chi connectivity index (χ0v) is 16.7. The van der Waals surface area contributed by atoms with E-state index in [0.717, 1.165) is 26.1 Å². The number of nitrogens with zero attached hydrogens (tertiary/aromatic N) is 2. The summed E-state index contributed by atoms with van der Waals surface area (Å²) in [5.41, 5.74) is 1.45. The van der Waals surface area contributed by atoms with E-state index < -0.39 is 0 Å². The highest BCUT2D eigenvalue weighted by Gasteiger charge is 2.46. The van der Waals surface area contributed by atoms with Crippen molar-refractivity contribution in [1.82, 2.24) is 15.1 Å². The SMILES string of the molecule is O=C([C@@H]1C[C@@H](O)CN1)N1C[C@@H]2C[C@H](C1)[C@@H]1CCC[C@H](Cc3ccccc3)N1C2. The summed E-state index contributed by atoms with van der Waals surface area (Å²) in [4.78, 5) is 17.9. The molecule has 4 aliphatic rings. The van der Waals surface area contributed by atoms with E-state index in [0.29, 0.717) is 36.9 Å². The summed E-state index contributed by atoms with van der Waals surface area (Å²) in [6.07, 6.45) is 6.53. The number of carbonyl (C=O) groups is 1. The molecule has 5 heteroatoms. The first-order chi connectivity index (χ1) is 13.7. The molecule has 4 saturated heterocycles. The minimum Gasteiger partial charge on any atom is -0.392 e. The average molecular weight is 384 g/mol. The largest absolute Gasteiger partial charge is 0.392 e. The number of carbonyl (C=O) groups excluding carboxylic acids is 1. The van der Waals surface area contributed by atoms with E-state index in [-0.39, 0.29) is 18.1 Å². The van der Waals surface area contributed by atoms with E-state index in [4.69, 9.17) is 0 Å². The molecule has 4 aliphatic heterocycles. The van der Waals surface area contributed by atoms with Crippen LogP contribution in [0.15, 0.2) is 30.3 Å². The lowest BCUT2D eigenvalue weighted by atomic mass is 9.74. The van der Waals surface area contributed by atoms with Crippen LogP contribution in [0.1, 0.15) is 37.7 Å². The second-order valence-electron chi connectivity index (χ2n) is 9.49. The van der Waals surface area contributed by atoms with Gasteiger partial charge in [0.1, 0.15) is 0 Å². The summed E-state index contributed by atoms with van der Waals surface area (Å²) in [7, 11) is 0. The molecule has 0 aliphatic carbocycles. The van der Waals surface area contributed by atoms with Crippen molar-refractivity contribution in [3.05, 3.63) is 35.9 Å². The molecular formula is C23H33N3O2. The number of aliphatic hydroxyl groups excluding tert-OH is 1. The van der Waals surface area contributed by atoms with Crippen LogP contribution >= 0.6 is 0 Å². The fourth-order valence-corrected chi connectivity index (χ4v) is 6.32. The normalized spacial score (nSPS) is 38.2. The van der Waals surface area contributed by atoms with Gasteiger partial charge in [0.2, 0.25) is 5.91 Å². The smallest absolute Gasteiger partial charge is 0.239 e. The first kappa shape index (κ1) is 18.6. The van der Waals surface area contributed by atoms with Crippen molar-refractivity contribution < 1.29 is 9.90 Å². The van der Waals surface area contributed by atoms with Crippen LogP contribution in [0.4, 0.5) is 0 Å². The average Bonchev–Trinajstić information content (AvgIpc) is 3.15. The number of amides is 1. The van der Waals surface area contributed by atoms with Crippen LogP contribution in [-0.2, 0) is 11.2 Å². The molecule has 2 N–H and O–H groups in total. The lowest BCUT2D eigenvalue weighted by Crippen LogP contribution is -2.63. The van der Waals surface area contributed by atoms with Crippen LogP contribution in [0, 0.1) is 11.8 Å². The zero-order valence-electron chi connectivity index (χ0n) is 16.7. The summed E-state index contributed by atoms with van der Waals surface area (Å²) in [5, 5.41) is 13.0. The molecule has 1 aromatic rings. The maximum Gasteiger partial charge on any atom is 0.239 e. The van der Waals surface area contributed by atoms with E-state index in [1.807, 2.05) is 0 Å². The fraction of sp³-hybridized carbons (Fsp3) is 0.696. The standard InChI is InChI=1S/C23H33N3O2/c27-20-11-21(24-12-20)23(28)25-13-17-9-18(15-25)22-8-4-7-19(26(22)14-17)10-16-5-2-1-3-6-16/h1-3,5-6,17-22,24,27H,4,7-15H2/t17-,18+,19+,20+,21-,22-/m0/s1. The Kier molecular flexibility index (Phi) is 5.16. The van der Waals surface area contributed by atoms with Gasteiger partial charge in [-0.2, -0.15) is 0 Å². The highest BCUT2D eigenvalue weighted by molar-refractivity contribution is 5.82. The second-order valence-corrected chi connectivity index (χ2v) is 9.49. The van der Waals surface area contributed by atoms with Crippen molar-refractivity contribution in [1.29, 1.82) is 0 Å². The minimum absolute atomic E-state index is 0.179. The topological polar surface area (TPSA) is 55.8 Å². The summed E-state index contributed by atoms with van der Waals surface area (Å²) in [6, 6.07) is 12.0. The molecule has 6 atom stereocenters. The molecule has 0 spiro atoms. The van der Waals surface area contributed by atoms with Crippen molar-refractivity contribution >= 4 is 5.91 Å². The number of piperidine rings is 3. The van der Waals surface area contributed by atoms with Gasteiger partial charge in [-0.3, -0.25) is 9.69 Å². The van der Waals surface area contributed by atoms with Gasteiger partial charge in [-0.25, -0.2) is 0 Å². The Hall–Kier alpha value is -1.43. The maximum absolute atomic E-state index is 13.0. The zero-order chi connectivity index (χ0) is 19.1. The first-order valence-electron chi connectivity index (χ1n) is 11.2. The van der Waals surface area contributed by atoms with E-state index in [2.05, 4.69) is 45.4 Å². The molecule has 1 aromatic carbocycles. The Morgan fingerprint density at radius 1 is 1.11 bits per heavy atom. The van der Waals surface area contributed by atoms with Gasteiger partial charge in [0.25, 0.3) is 0 Å². The fourth-order valence-electron chi connectivity index (χ4n) is 6.32. The number of aliphatic hydroxyl groups is 1. The molecule has 1 amide bonds. The van der Waals surface area contributed by atoms with Gasteiger partial charge < -0.3 is 15.3 Å². The van der Waals surface area contributed by atoms with Gasteiger partial charge in [-0.15, -0.1) is 0 Å². The molecule has 5 nitrogen and oxygen atoms in total. The molecular weight excluding hydrogens is 350 g/mol. The molecule has 28 heavy (non-hydrogen) atoms. The van der Waals surface area contributed by atoms with Gasteiger partial charge in [-0.05, 0) is 49.5 Å². The van der Waals surface area contributed by atoms with Gasteiger partial charge in [0, 0.05) is 38.3 Å². The number of benzene rings is 1. The van der Waals surface area contributed by atoms with E-state index >= 15 is 0 Å². The Bertz CT molecular complexity index is 696. The van der Waals surface area contributed by atoms with E-state index in [1.54, 1.807) is 0 Å². The molecule has 4 heterocycles. The van der Waals surface area contributed by atoms with Crippen molar-refractivity contribution in [3.8, 4) is 0 Å². The molecule has 0 aromatic heterocycles. The predicted molar refractivity (Wildman–Crippen MR) is 109 cm³/mol. The van der Waals surface area contributed by atoms with Gasteiger partial charge >= 0.3 is 0 Å². The van der Waals surface area contributed by atoms with Crippen LogP contribution in [0.5, 0.6) is 0 Å². The van der Waals surface area contributed by atoms with Gasteiger partial charge in [0.15, 0.2) is 0 Å². The van der Waals surface area contributed by atoms with Crippen molar-refractivity contribution in [3.63, 3.8) is 0 Å². The van der Waals surface area contributed by atoms with Gasteiger partial charge in [0.05, 0.1) is 12.1 Å². The number of β-amino-alcohol motifs (C(OH)–C–C–N with tert-alkyl or cyclic N) is 1. The highest BCUT2D eigenvalue weighted by atomic mass is 16.3. The third-order valence-electron chi connectivity index (χ3n) is 7.55. The Morgan fingerprint density at radius 3 is 2.75 bits per heavy atom. The second kappa shape index (κ2) is 7.77. The van der Waals surface area contributed by atoms with Crippen LogP contribution < -0.4 is 5.32 Å². The lowest BCUT2D eigenvalue weighted by molar-refractivity contribution is -0.141. The van der Waals surface area contributed by atoms with Crippen LogP contribution in [0.25, 0.3) is 0 Å². The van der Waals surface area contributed by atoms with Crippen molar-refractivity contribution in [2.45, 2.75) is 62.8 Å². The number of rotatable bonds is 3. The van der Waals surface area contributed by atoms with Crippen molar-refractivity contribution in [2.75, 3.05) is 26.2 Å². The molecule has 4 fully saturated rings. The molecule has 0 radical (unpaired) electrons. The number of hydrogen-bond donors (Lipinski definition) is 2. The summed E-state index contributed by atoms with van der Waals surface area (Å²) in [6.45, 7) is 3.49. The van der Waals surface area contributed by atoms with E-state index in [9.17, 15) is 9.90 Å². The molecule has 0 unspecified atom stereocenters. The molecule has 152 valence electrons.